The van der Waals surface area contributed by atoms with Gasteiger partial charge in [0.05, 0.1) is 0 Å². The van der Waals surface area contributed by atoms with Gasteiger partial charge in [-0.25, -0.2) is 0 Å². The highest BCUT2D eigenvalue weighted by molar-refractivity contribution is 14.1. The first-order valence-corrected chi connectivity index (χ1v) is 6.66. The van der Waals surface area contributed by atoms with Crippen molar-refractivity contribution in [2.24, 2.45) is 0 Å². The molecule has 0 bridgehead atoms. The summed E-state index contributed by atoms with van der Waals surface area (Å²) in [4.78, 5) is 0. The van der Waals surface area contributed by atoms with E-state index >= 15 is 0 Å². The Bertz CT molecular complexity index is 57.8. The highest BCUT2D eigenvalue weighted by Crippen LogP contribution is 2.13. The van der Waals surface area contributed by atoms with Crippen LogP contribution in [0.4, 0.5) is 0 Å². The van der Waals surface area contributed by atoms with Crippen molar-refractivity contribution in [3.8, 4) is 0 Å². The van der Waals surface area contributed by atoms with E-state index in [1.165, 1.54) is 0 Å². The monoisotopic (exact) mass is 260 g/mol. The summed E-state index contributed by atoms with van der Waals surface area (Å²) in [6.45, 7) is 2.11. The molecule has 0 aromatic carbocycles. The van der Waals surface area contributed by atoms with Crippen molar-refractivity contribution in [3.63, 3.8) is 0 Å². The molecule has 0 saturated carbocycles. The number of alkyl halides is 1. The zero-order valence-electron chi connectivity index (χ0n) is 6.11. The van der Waals surface area contributed by atoms with Gasteiger partial charge in [-0.15, -0.1) is 0 Å². The third-order valence-corrected chi connectivity index (χ3v) is 7.95. The third-order valence-electron chi connectivity index (χ3n) is 1.49. The van der Waals surface area contributed by atoms with Gasteiger partial charge in [0, 0.05) is 18.3 Å². The predicted octanol–water partition coefficient (Wildman–Crippen LogP) is 1.72. The maximum atomic E-state index is 5.29. The van der Waals surface area contributed by atoms with Gasteiger partial charge in [-0.3, -0.25) is 0 Å². The van der Waals surface area contributed by atoms with E-state index < -0.39 is 8.56 Å². The van der Waals surface area contributed by atoms with E-state index in [2.05, 4.69) is 29.5 Å². The number of halogens is 1. The van der Waals surface area contributed by atoms with Crippen LogP contribution in [0.15, 0.2) is 0 Å². The summed E-state index contributed by atoms with van der Waals surface area (Å²) < 4.78 is 11.6. The van der Waals surface area contributed by atoms with Crippen LogP contribution in [0.5, 0.6) is 0 Å². The van der Waals surface area contributed by atoms with Gasteiger partial charge in [0.15, 0.2) is 0 Å². The second-order valence-electron chi connectivity index (χ2n) is 1.81. The fourth-order valence-corrected chi connectivity index (χ4v) is 5.21. The molecule has 0 aromatic heterocycles. The first kappa shape index (κ1) is 9.87. The summed E-state index contributed by atoms with van der Waals surface area (Å²) in [5, 5.41) is 0. The Morgan fingerprint density at radius 1 is 1.33 bits per heavy atom. The molecular weight excluding hydrogens is 247 g/mol. The van der Waals surface area contributed by atoms with E-state index in [-0.39, 0.29) is 0 Å². The first-order chi connectivity index (χ1) is 4.24. The molecule has 0 aliphatic heterocycles. The molecule has 0 aromatic rings. The highest BCUT2D eigenvalue weighted by Gasteiger charge is 2.31. The number of rotatable bonds is 4. The van der Waals surface area contributed by atoms with Gasteiger partial charge in [-0.05, 0) is 6.04 Å². The molecule has 0 unspecified atom stereocenters. The van der Waals surface area contributed by atoms with Crippen molar-refractivity contribution in [1.82, 2.24) is 0 Å². The lowest BCUT2D eigenvalue weighted by Gasteiger charge is -2.22. The normalized spacial score (nSPS) is 12.0. The summed E-state index contributed by atoms with van der Waals surface area (Å²) in [5.41, 5.74) is 0. The molecule has 4 heteroatoms. The summed E-state index contributed by atoms with van der Waals surface area (Å²) in [5.74, 6) is 0. The Kier molecular flexibility index (Phi) is 5.09. The lowest BCUT2D eigenvalue weighted by atomic mass is 11.0. The average molecular weight is 260 g/mol. The van der Waals surface area contributed by atoms with Crippen LogP contribution in [0, 0.1) is 0 Å². The lowest BCUT2D eigenvalue weighted by molar-refractivity contribution is 0.251. The molecule has 9 heavy (non-hydrogen) atoms. The van der Waals surface area contributed by atoms with Crippen molar-refractivity contribution in [3.05, 3.63) is 0 Å². The van der Waals surface area contributed by atoms with Gasteiger partial charge in [0.25, 0.3) is 0 Å². The maximum absolute atomic E-state index is 5.29. The molecule has 0 amide bonds. The van der Waals surface area contributed by atoms with Crippen LogP contribution >= 0.6 is 22.6 Å². The molecule has 0 radical (unpaired) electrons. The molecule has 0 heterocycles. The maximum Gasteiger partial charge on any atom is 0.347 e. The Morgan fingerprint density at radius 2 is 1.78 bits per heavy atom. The van der Waals surface area contributed by atoms with Crippen LogP contribution in [-0.2, 0) is 8.85 Å². The third kappa shape index (κ3) is 2.53. The first-order valence-electron chi connectivity index (χ1n) is 2.91. The average Bonchev–Trinajstić information content (AvgIpc) is 1.95. The summed E-state index contributed by atoms with van der Waals surface area (Å²) in [6.07, 6.45) is 0. The molecule has 0 aliphatic carbocycles. The summed E-state index contributed by atoms with van der Waals surface area (Å²) >= 11 is 2.31. The Morgan fingerprint density at radius 3 is 1.78 bits per heavy atom. The second kappa shape index (κ2) is 4.65. The Labute approximate surface area is 71.3 Å². The van der Waals surface area contributed by atoms with E-state index in [4.69, 9.17) is 8.85 Å². The summed E-state index contributed by atoms with van der Waals surface area (Å²) in [6, 6.07) is 1.03. The highest BCUT2D eigenvalue weighted by atomic mass is 127. The fourth-order valence-electron chi connectivity index (χ4n) is 0.576. The quantitative estimate of drug-likeness (QED) is 0.435. The van der Waals surface area contributed by atoms with Crippen LogP contribution in [0.25, 0.3) is 0 Å². The lowest BCUT2D eigenvalue weighted by Crippen LogP contribution is -2.41. The minimum atomic E-state index is -1.70. The van der Waals surface area contributed by atoms with Crippen molar-refractivity contribution < 1.29 is 8.85 Å². The van der Waals surface area contributed by atoms with Crippen LogP contribution in [0.3, 0.4) is 0 Å². The van der Waals surface area contributed by atoms with Gasteiger partial charge in [-0.1, -0.05) is 29.5 Å². The van der Waals surface area contributed by atoms with Gasteiger partial charge >= 0.3 is 8.56 Å². The molecule has 56 valence electrons. The molecule has 0 atom stereocenters. The zero-order chi connectivity index (χ0) is 7.33. The SMILES string of the molecule is CC[Si](CI)(OC)OC. The fraction of sp³-hybridized carbons (Fsp3) is 1.00. The standard InChI is InChI=1S/C5H13IO2Si/c1-4-9(5-6,7-2)8-3/h4-5H2,1-3H3. The predicted molar refractivity (Wildman–Crippen MR) is 49.1 cm³/mol. The van der Waals surface area contributed by atoms with Gasteiger partial charge in [0.2, 0.25) is 0 Å². The molecule has 0 fully saturated rings. The summed E-state index contributed by atoms with van der Waals surface area (Å²) in [7, 11) is 1.76. The van der Waals surface area contributed by atoms with Crippen molar-refractivity contribution in [2.45, 2.75) is 13.0 Å². The van der Waals surface area contributed by atoms with Crippen LogP contribution in [0.2, 0.25) is 6.04 Å². The topological polar surface area (TPSA) is 18.5 Å². The van der Waals surface area contributed by atoms with E-state index in [9.17, 15) is 0 Å². The van der Waals surface area contributed by atoms with E-state index in [0.717, 1.165) is 10.1 Å². The van der Waals surface area contributed by atoms with E-state index in [0.29, 0.717) is 0 Å². The van der Waals surface area contributed by atoms with Crippen LogP contribution < -0.4 is 0 Å². The van der Waals surface area contributed by atoms with Crippen molar-refractivity contribution in [2.75, 3.05) is 18.3 Å². The zero-order valence-corrected chi connectivity index (χ0v) is 9.27. The molecule has 0 rings (SSSR count). The largest absolute Gasteiger partial charge is 0.397 e. The molecule has 0 spiro atoms. The second-order valence-corrected chi connectivity index (χ2v) is 7.71. The molecule has 0 saturated heterocycles. The van der Waals surface area contributed by atoms with Crippen molar-refractivity contribution >= 4 is 31.2 Å². The minimum absolute atomic E-state index is 1.01. The van der Waals surface area contributed by atoms with Gasteiger partial charge in [-0.2, -0.15) is 0 Å². The molecular formula is C5H13IO2Si. The van der Waals surface area contributed by atoms with E-state index in [1.54, 1.807) is 14.2 Å². The van der Waals surface area contributed by atoms with Crippen molar-refractivity contribution in [1.29, 1.82) is 0 Å². The molecule has 0 aliphatic rings. The number of hydrogen-bond donors (Lipinski definition) is 0. The molecule has 0 N–H and O–H groups in total. The Hall–Kier alpha value is 0.867. The Balaban J connectivity index is 3.82. The van der Waals surface area contributed by atoms with Crippen LogP contribution in [0.1, 0.15) is 6.92 Å². The van der Waals surface area contributed by atoms with Gasteiger partial charge < -0.3 is 8.85 Å². The number of hydrogen-bond acceptors (Lipinski definition) is 2. The molecule has 2 nitrogen and oxygen atoms in total. The smallest absolute Gasteiger partial charge is 0.347 e. The van der Waals surface area contributed by atoms with Crippen LogP contribution in [-0.4, -0.2) is 26.8 Å². The minimum Gasteiger partial charge on any atom is -0.397 e. The van der Waals surface area contributed by atoms with E-state index in [1.807, 2.05) is 0 Å². The van der Waals surface area contributed by atoms with Gasteiger partial charge in [0.1, 0.15) is 0 Å².